The largest absolute Gasteiger partial charge is 0.411 e. The van der Waals surface area contributed by atoms with Crippen molar-refractivity contribution in [3.05, 3.63) is 81.5 Å². The summed E-state index contributed by atoms with van der Waals surface area (Å²) < 4.78 is 41.0. The number of hydrogen-bond acceptors (Lipinski definition) is 5. The van der Waals surface area contributed by atoms with E-state index in [1.807, 2.05) is 0 Å². The first-order valence-electron chi connectivity index (χ1n) is 10.2. The van der Waals surface area contributed by atoms with Gasteiger partial charge in [-0.15, -0.1) is 0 Å². The number of carbonyl (C=O) groups excluding carboxylic acids is 1. The zero-order valence-corrected chi connectivity index (χ0v) is 17.9. The number of H-pyrrole nitrogens is 1. The molecule has 0 fully saturated rings. The summed E-state index contributed by atoms with van der Waals surface area (Å²) in [6.07, 6.45) is -0.780. The predicted octanol–water partition coefficient (Wildman–Crippen LogP) is 3.47. The number of nitrogens with zero attached hydrogens (tertiary/aromatic N) is 2. The van der Waals surface area contributed by atoms with E-state index in [4.69, 9.17) is 0 Å². The molecule has 0 saturated carbocycles. The number of benzene rings is 1. The number of pyridine rings is 1. The normalized spacial score (nSPS) is 11.4. The molecule has 7 nitrogen and oxygen atoms in total. The molecule has 1 amide bonds. The van der Waals surface area contributed by atoms with Crippen molar-refractivity contribution in [3.63, 3.8) is 0 Å². The van der Waals surface area contributed by atoms with Crippen LogP contribution in [-0.4, -0.2) is 33.6 Å². The van der Waals surface area contributed by atoms with Gasteiger partial charge in [0, 0.05) is 42.2 Å². The van der Waals surface area contributed by atoms with Gasteiger partial charge in [0.15, 0.2) is 0 Å². The number of nitrogens with one attached hydrogen (secondary N) is 2. The molecule has 1 aromatic carbocycles. The number of alkyl halides is 3. The Morgan fingerprint density at radius 1 is 1.09 bits per heavy atom. The molecular formula is C23H23F3N4O3. The summed E-state index contributed by atoms with van der Waals surface area (Å²) in [5, 5.41) is 2.77. The Bertz CT molecular complexity index is 1130. The van der Waals surface area contributed by atoms with E-state index in [1.54, 1.807) is 55.7 Å². The van der Waals surface area contributed by atoms with Gasteiger partial charge in [-0.1, -0.05) is 24.3 Å². The van der Waals surface area contributed by atoms with Crippen molar-refractivity contribution in [3.8, 4) is 11.4 Å². The third-order valence-electron chi connectivity index (χ3n) is 4.83. The molecule has 10 heteroatoms. The van der Waals surface area contributed by atoms with Crippen LogP contribution >= 0.6 is 0 Å². The molecule has 2 heterocycles. The Morgan fingerprint density at radius 3 is 2.39 bits per heavy atom. The topological polar surface area (TPSA) is 97.0 Å². The third kappa shape index (κ3) is 7.53. The van der Waals surface area contributed by atoms with Crippen molar-refractivity contribution in [2.75, 3.05) is 6.61 Å². The fourth-order valence-corrected chi connectivity index (χ4v) is 3.12. The Labute approximate surface area is 188 Å². The summed E-state index contributed by atoms with van der Waals surface area (Å²) >= 11 is 0. The van der Waals surface area contributed by atoms with E-state index in [0.717, 1.165) is 11.1 Å². The van der Waals surface area contributed by atoms with Crippen LogP contribution in [0.4, 0.5) is 13.2 Å². The second-order valence-corrected chi connectivity index (χ2v) is 7.42. The number of aromatic nitrogens is 3. The molecule has 2 N–H and O–H groups in total. The molecule has 33 heavy (non-hydrogen) atoms. The second-order valence-electron chi connectivity index (χ2n) is 7.42. The predicted molar refractivity (Wildman–Crippen MR) is 115 cm³/mol. The van der Waals surface area contributed by atoms with Crippen molar-refractivity contribution in [2.24, 2.45) is 0 Å². The first-order valence-corrected chi connectivity index (χ1v) is 10.2. The molecule has 0 atom stereocenters. The first kappa shape index (κ1) is 24.1. The highest BCUT2D eigenvalue weighted by Crippen LogP contribution is 2.16. The number of rotatable bonds is 9. The minimum Gasteiger partial charge on any atom is -0.367 e. The van der Waals surface area contributed by atoms with Gasteiger partial charge in [-0.25, -0.2) is 4.98 Å². The molecular weight excluding hydrogens is 437 g/mol. The quantitative estimate of drug-likeness (QED) is 0.510. The van der Waals surface area contributed by atoms with Crippen LogP contribution in [0.3, 0.4) is 0 Å². The van der Waals surface area contributed by atoms with Gasteiger partial charge in [0.05, 0.1) is 6.61 Å². The highest BCUT2D eigenvalue weighted by atomic mass is 19.4. The third-order valence-corrected chi connectivity index (χ3v) is 4.83. The van der Waals surface area contributed by atoms with E-state index in [9.17, 15) is 22.8 Å². The minimum absolute atomic E-state index is 0.115. The van der Waals surface area contributed by atoms with Crippen LogP contribution in [0.5, 0.6) is 0 Å². The first-order chi connectivity index (χ1) is 15.7. The zero-order valence-electron chi connectivity index (χ0n) is 17.9. The van der Waals surface area contributed by atoms with Gasteiger partial charge in [-0.05, 0) is 36.6 Å². The lowest BCUT2D eigenvalue weighted by Gasteiger charge is -2.09. The van der Waals surface area contributed by atoms with Gasteiger partial charge < -0.3 is 15.0 Å². The fourth-order valence-electron chi connectivity index (χ4n) is 3.12. The molecule has 0 aliphatic carbocycles. The number of aryl methyl sites for hydroxylation is 1. The van der Waals surface area contributed by atoms with E-state index >= 15 is 0 Å². The Morgan fingerprint density at radius 2 is 1.76 bits per heavy atom. The summed E-state index contributed by atoms with van der Waals surface area (Å²) in [5.74, 6) is 0.213. The summed E-state index contributed by atoms with van der Waals surface area (Å²) in [7, 11) is 0. The molecule has 0 aliphatic heterocycles. The molecule has 174 valence electrons. The SMILES string of the molecule is Cc1nc(-c2ccncc2)[nH]c(=O)c1CCC(=O)NCc1ccc(COCC(F)(F)F)cc1. The lowest BCUT2D eigenvalue weighted by atomic mass is 10.1. The molecule has 0 radical (unpaired) electrons. The van der Waals surface area contributed by atoms with Gasteiger partial charge in [0.25, 0.3) is 5.56 Å². The van der Waals surface area contributed by atoms with Gasteiger partial charge in [-0.2, -0.15) is 13.2 Å². The van der Waals surface area contributed by atoms with Crippen LogP contribution in [0, 0.1) is 6.92 Å². The molecule has 0 saturated heterocycles. The second kappa shape index (κ2) is 10.9. The maximum absolute atomic E-state index is 12.5. The monoisotopic (exact) mass is 460 g/mol. The van der Waals surface area contributed by atoms with Gasteiger partial charge in [-0.3, -0.25) is 14.6 Å². The average Bonchev–Trinajstić information content (AvgIpc) is 2.77. The highest BCUT2D eigenvalue weighted by Gasteiger charge is 2.27. The summed E-state index contributed by atoms with van der Waals surface area (Å²) in [4.78, 5) is 35.8. The lowest BCUT2D eigenvalue weighted by molar-refractivity contribution is -0.176. The number of aromatic amines is 1. The summed E-state index contributed by atoms with van der Waals surface area (Å²) in [6.45, 7) is 0.549. The molecule has 3 aromatic rings. The molecule has 2 aromatic heterocycles. The number of hydrogen-bond donors (Lipinski definition) is 2. The van der Waals surface area contributed by atoms with E-state index < -0.39 is 12.8 Å². The van der Waals surface area contributed by atoms with Gasteiger partial charge >= 0.3 is 6.18 Å². The standard InChI is InChI=1S/C23H23F3N4O3/c1-15-19(22(32)30-21(29-15)18-8-10-27-11-9-18)6-7-20(31)28-12-16-2-4-17(5-3-16)13-33-14-23(24,25)26/h2-5,8-11H,6-7,12-14H2,1H3,(H,28,31)(H,29,30,32). The van der Waals surface area contributed by atoms with Crippen LogP contribution in [0.15, 0.2) is 53.6 Å². The van der Waals surface area contributed by atoms with Crippen LogP contribution in [-0.2, 0) is 29.1 Å². The number of halogens is 3. The molecule has 0 bridgehead atoms. The molecule has 3 rings (SSSR count). The van der Waals surface area contributed by atoms with E-state index in [1.165, 1.54) is 0 Å². The smallest absolute Gasteiger partial charge is 0.367 e. The number of ether oxygens (including phenoxy) is 1. The zero-order chi connectivity index (χ0) is 23.8. The van der Waals surface area contributed by atoms with E-state index in [-0.39, 0.29) is 37.5 Å². The van der Waals surface area contributed by atoms with Crippen molar-refractivity contribution >= 4 is 5.91 Å². The van der Waals surface area contributed by atoms with Gasteiger partial charge in [0.1, 0.15) is 12.4 Å². The van der Waals surface area contributed by atoms with Crippen molar-refractivity contribution in [2.45, 2.75) is 39.1 Å². The number of amides is 1. The summed E-state index contributed by atoms with van der Waals surface area (Å²) in [6, 6.07) is 10.2. The number of carbonyl (C=O) groups is 1. The molecule has 0 aliphatic rings. The maximum atomic E-state index is 12.5. The lowest BCUT2D eigenvalue weighted by Crippen LogP contribution is -2.25. The Balaban J connectivity index is 1.48. The average molecular weight is 460 g/mol. The van der Waals surface area contributed by atoms with E-state index in [2.05, 4.69) is 25.0 Å². The Kier molecular flexibility index (Phi) is 7.94. The fraction of sp³-hybridized carbons (Fsp3) is 0.304. The summed E-state index contributed by atoms with van der Waals surface area (Å²) in [5.41, 5.74) is 2.86. The maximum Gasteiger partial charge on any atom is 0.411 e. The van der Waals surface area contributed by atoms with Crippen LogP contribution in [0.25, 0.3) is 11.4 Å². The Hall–Kier alpha value is -3.53. The van der Waals surface area contributed by atoms with Crippen molar-refractivity contribution in [1.82, 2.24) is 20.3 Å². The highest BCUT2D eigenvalue weighted by molar-refractivity contribution is 5.76. The molecule has 0 spiro atoms. The van der Waals surface area contributed by atoms with Gasteiger partial charge in [0.2, 0.25) is 5.91 Å². The van der Waals surface area contributed by atoms with Crippen molar-refractivity contribution in [1.29, 1.82) is 0 Å². The van der Waals surface area contributed by atoms with Crippen LogP contribution < -0.4 is 10.9 Å². The van der Waals surface area contributed by atoms with Crippen LogP contribution in [0.1, 0.15) is 28.8 Å². The van der Waals surface area contributed by atoms with Crippen molar-refractivity contribution < 1.29 is 22.7 Å². The molecule has 0 unspecified atom stereocenters. The van der Waals surface area contributed by atoms with Crippen LogP contribution in [0.2, 0.25) is 0 Å². The minimum atomic E-state index is -4.36. The van der Waals surface area contributed by atoms with E-state index in [0.29, 0.717) is 22.6 Å².